The first-order chi connectivity index (χ1) is 7.35. The van der Waals surface area contributed by atoms with E-state index in [1.807, 2.05) is 24.3 Å². The highest BCUT2D eigenvalue weighted by atomic mass is 16.5. The number of para-hydroxylation sites is 1. The third-order valence-corrected chi connectivity index (χ3v) is 2.36. The smallest absolute Gasteiger partial charge is 0.146 e. The Kier molecular flexibility index (Phi) is 2.87. The van der Waals surface area contributed by atoms with Gasteiger partial charge in [0.15, 0.2) is 0 Å². The van der Waals surface area contributed by atoms with Gasteiger partial charge in [-0.1, -0.05) is 12.1 Å². The summed E-state index contributed by atoms with van der Waals surface area (Å²) in [6.07, 6.45) is 2.31. The number of benzene rings is 1. The molecule has 0 bridgehead atoms. The lowest BCUT2D eigenvalue weighted by Gasteiger charge is -2.10. The van der Waals surface area contributed by atoms with Gasteiger partial charge in [0.25, 0.3) is 0 Å². The summed E-state index contributed by atoms with van der Waals surface area (Å²) in [5.41, 5.74) is 3.55. The molecule has 0 unspecified atom stereocenters. The average molecular weight is 205 g/mol. The fourth-order valence-corrected chi connectivity index (χ4v) is 1.41. The van der Waals surface area contributed by atoms with E-state index >= 15 is 0 Å². The average Bonchev–Trinajstić information content (AvgIpc) is 3.10. The van der Waals surface area contributed by atoms with E-state index in [-0.39, 0.29) is 0 Å². The van der Waals surface area contributed by atoms with Crippen LogP contribution in [0.15, 0.2) is 29.3 Å². The molecule has 1 aromatic rings. The van der Waals surface area contributed by atoms with Gasteiger partial charge in [-0.2, -0.15) is 0 Å². The van der Waals surface area contributed by atoms with Gasteiger partial charge < -0.3 is 10.2 Å². The Labute approximate surface area is 89.1 Å². The van der Waals surface area contributed by atoms with E-state index < -0.39 is 0 Å². The zero-order valence-electron chi connectivity index (χ0n) is 8.73. The number of hydrogen-bond acceptors (Lipinski definition) is 3. The lowest BCUT2D eigenvalue weighted by Crippen LogP contribution is -2.31. The molecule has 0 atom stereocenters. The number of nitrogens with one attached hydrogen (secondary N) is 1. The highest BCUT2D eigenvalue weighted by molar-refractivity contribution is 6.01. The lowest BCUT2D eigenvalue weighted by atomic mass is 10.2. The quantitative estimate of drug-likeness (QED) is 0.336. The van der Waals surface area contributed by atoms with Crippen molar-refractivity contribution in [3.05, 3.63) is 29.8 Å². The molecule has 1 aliphatic rings. The van der Waals surface area contributed by atoms with Crippen LogP contribution in [0.3, 0.4) is 0 Å². The number of rotatable bonds is 3. The van der Waals surface area contributed by atoms with Crippen molar-refractivity contribution in [2.75, 3.05) is 7.11 Å². The Morgan fingerprint density at radius 2 is 2.20 bits per heavy atom. The van der Waals surface area contributed by atoms with Crippen molar-refractivity contribution >= 4 is 5.84 Å². The molecule has 1 fully saturated rings. The van der Waals surface area contributed by atoms with Gasteiger partial charge in [-0.05, 0) is 25.0 Å². The van der Waals surface area contributed by atoms with Crippen molar-refractivity contribution in [1.29, 1.82) is 0 Å². The van der Waals surface area contributed by atoms with Crippen LogP contribution in [0.4, 0.5) is 0 Å². The molecular weight excluding hydrogens is 190 g/mol. The summed E-state index contributed by atoms with van der Waals surface area (Å²) < 4.78 is 5.25. The van der Waals surface area contributed by atoms with Crippen LogP contribution < -0.4 is 16.0 Å². The van der Waals surface area contributed by atoms with E-state index in [0.29, 0.717) is 11.9 Å². The van der Waals surface area contributed by atoms with Crippen LogP contribution >= 0.6 is 0 Å². The molecule has 1 aromatic carbocycles. The van der Waals surface area contributed by atoms with E-state index in [2.05, 4.69) is 10.4 Å². The summed E-state index contributed by atoms with van der Waals surface area (Å²) in [7, 11) is 1.64. The standard InChI is InChI=1S/C11H15N3O/c1-15-10-5-3-2-4-9(10)11(14-12)13-8-6-7-8/h2-5,8H,6-7,12H2,1H3,(H,13,14). The Balaban J connectivity index is 2.32. The van der Waals surface area contributed by atoms with Crippen LogP contribution in [0.25, 0.3) is 0 Å². The number of aliphatic imine (C=N–C) groups is 1. The van der Waals surface area contributed by atoms with Crippen molar-refractivity contribution in [2.45, 2.75) is 18.9 Å². The van der Waals surface area contributed by atoms with Gasteiger partial charge in [-0.3, -0.25) is 4.99 Å². The Hall–Kier alpha value is -1.55. The van der Waals surface area contributed by atoms with E-state index in [4.69, 9.17) is 10.6 Å². The second-order valence-electron chi connectivity index (χ2n) is 3.55. The molecule has 0 saturated heterocycles. The van der Waals surface area contributed by atoms with Crippen molar-refractivity contribution in [3.8, 4) is 5.75 Å². The highest BCUT2D eigenvalue weighted by Gasteiger charge is 2.22. The minimum Gasteiger partial charge on any atom is -0.496 e. The molecule has 4 nitrogen and oxygen atoms in total. The minimum atomic E-state index is 0.431. The normalized spacial score (nSPS) is 16.3. The summed E-state index contributed by atoms with van der Waals surface area (Å²) in [6, 6.07) is 8.14. The minimum absolute atomic E-state index is 0.431. The maximum absolute atomic E-state index is 5.47. The maximum atomic E-state index is 5.47. The molecule has 2 rings (SSSR count). The van der Waals surface area contributed by atoms with Gasteiger partial charge in [-0.15, -0.1) is 0 Å². The first-order valence-corrected chi connectivity index (χ1v) is 5.03. The maximum Gasteiger partial charge on any atom is 0.146 e. The van der Waals surface area contributed by atoms with Crippen LogP contribution in [0, 0.1) is 0 Å². The third kappa shape index (κ3) is 2.27. The van der Waals surface area contributed by atoms with Crippen molar-refractivity contribution in [2.24, 2.45) is 10.8 Å². The second kappa shape index (κ2) is 4.31. The van der Waals surface area contributed by atoms with Gasteiger partial charge in [0.1, 0.15) is 11.6 Å². The molecule has 0 spiro atoms. The Morgan fingerprint density at radius 3 is 2.80 bits per heavy atom. The van der Waals surface area contributed by atoms with E-state index in [0.717, 1.165) is 24.2 Å². The first kappa shape index (κ1) is 9.98. The van der Waals surface area contributed by atoms with Crippen LogP contribution in [0.1, 0.15) is 18.4 Å². The number of nitrogens with zero attached hydrogens (tertiary/aromatic N) is 1. The molecular formula is C11H15N3O. The highest BCUT2D eigenvalue weighted by Crippen LogP contribution is 2.25. The van der Waals surface area contributed by atoms with Crippen LogP contribution in [-0.2, 0) is 0 Å². The van der Waals surface area contributed by atoms with Gasteiger partial charge in [0, 0.05) is 0 Å². The SMILES string of the molecule is COc1ccccc1C(=NC1CC1)NN. The van der Waals surface area contributed by atoms with E-state index in [1.54, 1.807) is 7.11 Å². The number of hydrogen-bond donors (Lipinski definition) is 2. The van der Waals surface area contributed by atoms with Gasteiger partial charge in [-0.25, -0.2) is 5.84 Å². The van der Waals surface area contributed by atoms with E-state index in [9.17, 15) is 0 Å². The van der Waals surface area contributed by atoms with E-state index in [1.165, 1.54) is 0 Å². The molecule has 15 heavy (non-hydrogen) atoms. The third-order valence-electron chi connectivity index (χ3n) is 2.36. The molecule has 1 saturated carbocycles. The molecule has 0 heterocycles. The van der Waals surface area contributed by atoms with Gasteiger partial charge in [0.05, 0.1) is 18.7 Å². The fourth-order valence-electron chi connectivity index (χ4n) is 1.41. The monoisotopic (exact) mass is 205 g/mol. The summed E-state index contributed by atoms with van der Waals surface area (Å²) >= 11 is 0. The van der Waals surface area contributed by atoms with Crippen molar-refractivity contribution in [1.82, 2.24) is 5.43 Å². The summed E-state index contributed by atoms with van der Waals surface area (Å²) in [5, 5.41) is 0. The zero-order chi connectivity index (χ0) is 10.7. The summed E-state index contributed by atoms with van der Waals surface area (Å²) in [5.74, 6) is 6.96. The fraction of sp³-hybridized carbons (Fsp3) is 0.364. The Morgan fingerprint density at radius 1 is 1.47 bits per heavy atom. The number of nitrogens with two attached hydrogens (primary N) is 1. The number of methoxy groups -OCH3 is 1. The molecule has 0 radical (unpaired) electrons. The molecule has 1 aliphatic carbocycles. The predicted octanol–water partition coefficient (Wildman–Crippen LogP) is 1.07. The number of ether oxygens (including phenoxy) is 1. The molecule has 0 aromatic heterocycles. The van der Waals surface area contributed by atoms with Crippen LogP contribution in [0.2, 0.25) is 0 Å². The van der Waals surface area contributed by atoms with Crippen LogP contribution in [0.5, 0.6) is 5.75 Å². The molecule has 0 aliphatic heterocycles. The lowest BCUT2D eigenvalue weighted by molar-refractivity contribution is 0.413. The number of amidine groups is 1. The summed E-state index contributed by atoms with van der Waals surface area (Å²) in [6.45, 7) is 0. The Bertz CT molecular complexity index is 372. The topological polar surface area (TPSA) is 59.6 Å². The largest absolute Gasteiger partial charge is 0.496 e. The number of hydrazine groups is 1. The van der Waals surface area contributed by atoms with Gasteiger partial charge >= 0.3 is 0 Å². The van der Waals surface area contributed by atoms with Crippen molar-refractivity contribution in [3.63, 3.8) is 0 Å². The molecule has 4 heteroatoms. The zero-order valence-corrected chi connectivity index (χ0v) is 8.73. The van der Waals surface area contributed by atoms with Crippen molar-refractivity contribution < 1.29 is 4.74 Å². The second-order valence-corrected chi connectivity index (χ2v) is 3.55. The predicted molar refractivity (Wildman–Crippen MR) is 59.9 cm³/mol. The van der Waals surface area contributed by atoms with Crippen LogP contribution in [-0.4, -0.2) is 19.0 Å². The molecule has 80 valence electrons. The van der Waals surface area contributed by atoms with Gasteiger partial charge in [0.2, 0.25) is 0 Å². The first-order valence-electron chi connectivity index (χ1n) is 5.03. The summed E-state index contributed by atoms with van der Waals surface area (Å²) in [4.78, 5) is 4.49. The molecule has 0 amide bonds. The molecule has 3 N–H and O–H groups in total.